The number of amides is 5. The molecule has 11 nitrogen and oxygen atoms in total. The topological polar surface area (TPSA) is 172 Å². The molecule has 3 atom stereocenters. The van der Waals surface area contributed by atoms with Gasteiger partial charge in [0.15, 0.2) is 0 Å². The lowest BCUT2D eigenvalue weighted by atomic mass is 10.0. The van der Waals surface area contributed by atoms with Gasteiger partial charge in [0.1, 0.15) is 18.1 Å². The summed E-state index contributed by atoms with van der Waals surface area (Å²) in [5.74, 6) is -2.19. The number of nitrogens with one attached hydrogen (secondary N) is 5. The molecule has 5 amide bonds. The minimum absolute atomic E-state index is 0.140. The highest BCUT2D eigenvalue weighted by atomic mass is 32.1. The van der Waals surface area contributed by atoms with Gasteiger partial charge in [0.25, 0.3) is 0 Å². The normalized spacial score (nSPS) is 12.8. The van der Waals surface area contributed by atoms with Crippen LogP contribution in [-0.2, 0) is 30.4 Å². The number of carbonyl (C=O) groups is 5. The smallest absolute Gasteiger partial charge is 0.243 e. The molecule has 0 saturated heterocycles. The maximum Gasteiger partial charge on any atom is 0.243 e. The molecule has 40 heavy (non-hydrogen) atoms. The molecule has 1 aromatic carbocycles. The summed E-state index contributed by atoms with van der Waals surface area (Å²) >= 11 is 5.02. The summed E-state index contributed by atoms with van der Waals surface area (Å²) in [6.45, 7) is 5.61. The van der Waals surface area contributed by atoms with Crippen LogP contribution in [0.2, 0.25) is 0 Å². The van der Waals surface area contributed by atoms with E-state index in [4.69, 9.17) is 18.0 Å². The number of hydrogen-bond acceptors (Lipinski definition) is 6. The summed E-state index contributed by atoms with van der Waals surface area (Å²) < 4.78 is 0. The quantitative estimate of drug-likeness (QED) is 0.105. The Bertz CT molecular complexity index is 991. The molecule has 1 rings (SSSR count). The number of aryl methyl sites for hydroxylation is 1. The van der Waals surface area contributed by atoms with E-state index in [1.54, 1.807) is 6.92 Å². The third-order valence-electron chi connectivity index (χ3n) is 6.14. The van der Waals surface area contributed by atoms with Crippen LogP contribution in [-0.4, -0.2) is 65.7 Å². The Hall–Kier alpha value is -3.54. The first-order valence-corrected chi connectivity index (χ1v) is 14.1. The minimum Gasteiger partial charge on any atom is -0.380 e. The van der Waals surface area contributed by atoms with Crippen LogP contribution in [0.5, 0.6) is 0 Å². The molecule has 0 aromatic heterocycles. The van der Waals surface area contributed by atoms with Crippen molar-refractivity contribution in [2.24, 2.45) is 5.73 Å². The number of rotatable bonds is 19. The van der Waals surface area contributed by atoms with E-state index in [1.165, 1.54) is 13.8 Å². The van der Waals surface area contributed by atoms with E-state index in [-0.39, 0.29) is 11.8 Å². The molecule has 0 heterocycles. The van der Waals surface area contributed by atoms with Crippen molar-refractivity contribution in [3.05, 3.63) is 35.9 Å². The summed E-state index contributed by atoms with van der Waals surface area (Å²) in [6.07, 6.45) is 4.00. The highest BCUT2D eigenvalue weighted by Crippen LogP contribution is 2.09. The van der Waals surface area contributed by atoms with E-state index in [2.05, 4.69) is 26.6 Å². The number of nitrogens with two attached hydrogens (primary N) is 1. The van der Waals surface area contributed by atoms with Crippen molar-refractivity contribution < 1.29 is 24.0 Å². The van der Waals surface area contributed by atoms with Crippen molar-refractivity contribution in [2.75, 3.05) is 13.1 Å². The van der Waals surface area contributed by atoms with Crippen LogP contribution in [0.1, 0.15) is 71.3 Å². The van der Waals surface area contributed by atoms with Crippen LogP contribution in [0.4, 0.5) is 0 Å². The molecule has 0 aliphatic heterocycles. The third-order valence-corrected chi connectivity index (χ3v) is 6.28. The van der Waals surface area contributed by atoms with Crippen molar-refractivity contribution in [1.82, 2.24) is 26.6 Å². The molecular formula is C28H44N6O5S. The lowest BCUT2D eigenvalue weighted by Gasteiger charge is -2.25. The molecule has 0 spiro atoms. The Labute approximate surface area is 242 Å². The van der Waals surface area contributed by atoms with Crippen LogP contribution in [0.3, 0.4) is 0 Å². The number of carbonyl (C=O) groups excluding carboxylic acids is 5. The zero-order valence-electron chi connectivity index (χ0n) is 23.7. The second-order valence-electron chi connectivity index (χ2n) is 9.76. The monoisotopic (exact) mass is 576 g/mol. The standard InChI is InChI=1S/C28H44N6O5S/c1-19(35)30-17-9-7-13-24(32-20(2)36)27(38)34-25(14-8-10-18-31-21(3)40)28(39)33-23(26(29)37)16-15-22-11-5-4-6-12-22/h4-6,11-12,23-25H,7-10,13-18H2,1-3H3,(H2,29,37)(H,30,35)(H,31,40)(H,32,36)(H,33,39)(H,34,38)/t23-,24-,25-/m0/s1. The molecule has 0 saturated carbocycles. The first-order valence-electron chi connectivity index (χ1n) is 13.7. The number of thiocarbonyl (C=S) groups is 1. The van der Waals surface area contributed by atoms with Crippen molar-refractivity contribution in [2.45, 2.75) is 90.3 Å². The van der Waals surface area contributed by atoms with Gasteiger partial charge in [0.05, 0.1) is 4.99 Å². The third kappa shape index (κ3) is 15.8. The fraction of sp³-hybridized carbons (Fsp3) is 0.571. The highest BCUT2D eigenvalue weighted by Gasteiger charge is 2.28. The van der Waals surface area contributed by atoms with Crippen LogP contribution in [0, 0.1) is 0 Å². The van der Waals surface area contributed by atoms with Gasteiger partial charge in [-0.1, -0.05) is 42.5 Å². The zero-order valence-corrected chi connectivity index (χ0v) is 24.5. The van der Waals surface area contributed by atoms with Gasteiger partial charge < -0.3 is 32.3 Å². The number of primary amides is 1. The predicted octanol–water partition coefficient (Wildman–Crippen LogP) is 0.992. The molecule has 1 aromatic rings. The van der Waals surface area contributed by atoms with Gasteiger partial charge in [-0.15, -0.1) is 0 Å². The van der Waals surface area contributed by atoms with Crippen molar-refractivity contribution in [3.63, 3.8) is 0 Å². The molecule has 7 N–H and O–H groups in total. The molecule has 12 heteroatoms. The Morgan fingerprint density at radius 3 is 1.73 bits per heavy atom. The maximum atomic E-state index is 13.3. The van der Waals surface area contributed by atoms with Crippen LogP contribution < -0.4 is 32.3 Å². The van der Waals surface area contributed by atoms with Crippen LogP contribution in [0.15, 0.2) is 30.3 Å². The van der Waals surface area contributed by atoms with Crippen molar-refractivity contribution >= 4 is 46.7 Å². The molecule has 0 aliphatic carbocycles. The molecular weight excluding hydrogens is 532 g/mol. The predicted molar refractivity (Wildman–Crippen MR) is 158 cm³/mol. The van der Waals surface area contributed by atoms with Gasteiger partial charge in [-0.3, -0.25) is 24.0 Å². The number of unbranched alkanes of at least 4 members (excludes halogenated alkanes) is 2. The van der Waals surface area contributed by atoms with E-state index in [9.17, 15) is 24.0 Å². The second-order valence-corrected chi connectivity index (χ2v) is 10.4. The van der Waals surface area contributed by atoms with E-state index >= 15 is 0 Å². The second kappa shape index (κ2) is 19.5. The molecule has 0 bridgehead atoms. The Balaban J connectivity index is 2.89. The summed E-state index contributed by atoms with van der Waals surface area (Å²) in [7, 11) is 0. The Morgan fingerprint density at radius 2 is 1.23 bits per heavy atom. The van der Waals surface area contributed by atoms with Crippen LogP contribution >= 0.6 is 12.2 Å². The first-order chi connectivity index (χ1) is 19.0. The zero-order chi connectivity index (χ0) is 29.9. The molecule has 222 valence electrons. The van der Waals surface area contributed by atoms with E-state index in [0.717, 1.165) is 5.56 Å². The summed E-state index contributed by atoms with van der Waals surface area (Å²) in [5.41, 5.74) is 6.59. The lowest BCUT2D eigenvalue weighted by molar-refractivity contribution is -0.133. The number of benzene rings is 1. The lowest BCUT2D eigenvalue weighted by Crippen LogP contribution is -2.56. The molecule has 0 unspecified atom stereocenters. The summed E-state index contributed by atoms with van der Waals surface area (Å²) in [5, 5.41) is 13.9. The number of hydrogen-bond donors (Lipinski definition) is 6. The van der Waals surface area contributed by atoms with Gasteiger partial charge in [0, 0.05) is 26.9 Å². The maximum absolute atomic E-state index is 13.3. The van der Waals surface area contributed by atoms with Gasteiger partial charge in [0.2, 0.25) is 29.5 Å². The average molecular weight is 577 g/mol. The van der Waals surface area contributed by atoms with Gasteiger partial charge in [-0.05, 0) is 63.9 Å². The van der Waals surface area contributed by atoms with Crippen molar-refractivity contribution in [3.8, 4) is 0 Å². The average Bonchev–Trinajstić information content (AvgIpc) is 2.88. The first kappa shape index (κ1) is 34.5. The van der Waals surface area contributed by atoms with E-state index in [1.807, 2.05) is 30.3 Å². The molecule has 0 fully saturated rings. The van der Waals surface area contributed by atoms with Crippen LogP contribution in [0.25, 0.3) is 0 Å². The summed E-state index contributed by atoms with van der Waals surface area (Å²) in [6, 6.07) is 6.84. The molecule has 0 radical (unpaired) electrons. The van der Waals surface area contributed by atoms with Gasteiger partial charge in [-0.25, -0.2) is 0 Å². The Morgan fingerprint density at radius 1 is 0.700 bits per heavy atom. The van der Waals surface area contributed by atoms with E-state index in [0.29, 0.717) is 69.4 Å². The SMILES string of the molecule is CC(=O)NCCCC[C@H](NC(C)=O)C(=O)N[C@@H](CCCCNC(C)=S)C(=O)N[C@@H](CCc1ccccc1)C(N)=O. The van der Waals surface area contributed by atoms with Gasteiger partial charge in [-0.2, -0.15) is 0 Å². The summed E-state index contributed by atoms with van der Waals surface area (Å²) in [4.78, 5) is 62.1. The largest absolute Gasteiger partial charge is 0.380 e. The minimum atomic E-state index is -0.935. The fourth-order valence-corrected chi connectivity index (χ4v) is 4.15. The Kier molecular flexibility index (Phi) is 16.8. The fourth-order valence-electron chi connectivity index (χ4n) is 4.04. The molecule has 0 aliphatic rings. The van der Waals surface area contributed by atoms with E-state index < -0.39 is 35.8 Å². The van der Waals surface area contributed by atoms with Gasteiger partial charge >= 0.3 is 0 Å². The van der Waals surface area contributed by atoms with Crippen molar-refractivity contribution in [1.29, 1.82) is 0 Å². The highest BCUT2D eigenvalue weighted by molar-refractivity contribution is 7.80.